The highest BCUT2D eigenvalue weighted by Gasteiger charge is 2.34. The molecule has 4 heteroatoms. The number of nitrogens with zero attached hydrogens (tertiary/aromatic N) is 1. The van der Waals surface area contributed by atoms with E-state index in [9.17, 15) is 4.79 Å². The monoisotopic (exact) mass is 314 g/mol. The zero-order valence-corrected chi connectivity index (χ0v) is 14.1. The number of thiazole rings is 1. The number of hydrogen-bond donors (Lipinski definition) is 1. The van der Waals surface area contributed by atoms with Gasteiger partial charge in [0, 0.05) is 5.92 Å². The van der Waals surface area contributed by atoms with Gasteiger partial charge < -0.3 is 5.32 Å². The van der Waals surface area contributed by atoms with Crippen LogP contribution in [0.1, 0.15) is 64.6 Å². The van der Waals surface area contributed by atoms with Crippen LogP contribution in [0.3, 0.4) is 0 Å². The maximum Gasteiger partial charge on any atom is 0.263 e. The van der Waals surface area contributed by atoms with E-state index in [1.165, 1.54) is 29.7 Å². The third-order valence-electron chi connectivity index (χ3n) is 4.05. The van der Waals surface area contributed by atoms with E-state index in [2.05, 4.69) is 36.3 Å². The van der Waals surface area contributed by atoms with E-state index in [0.29, 0.717) is 11.8 Å². The molecule has 1 aliphatic rings. The number of hydrogen-bond acceptors (Lipinski definition) is 3. The molecule has 1 amide bonds. The fourth-order valence-electron chi connectivity index (χ4n) is 2.64. The van der Waals surface area contributed by atoms with Gasteiger partial charge in [-0.05, 0) is 31.2 Å². The second-order valence-electron chi connectivity index (χ2n) is 6.32. The van der Waals surface area contributed by atoms with Gasteiger partial charge in [0.2, 0.25) is 0 Å². The molecule has 1 saturated carbocycles. The molecule has 1 atom stereocenters. The maximum atomic E-state index is 12.7. The fourth-order valence-corrected chi connectivity index (χ4v) is 3.62. The van der Waals surface area contributed by atoms with Crippen LogP contribution >= 0.6 is 11.3 Å². The lowest BCUT2D eigenvalue weighted by atomic mass is 10.0. The minimum absolute atomic E-state index is 0.0163. The molecule has 3 nitrogen and oxygen atoms in total. The average molecular weight is 314 g/mol. The summed E-state index contributed by atoms with van der Waals surface area (Å²) in [7, 11) is 0. The number of benzene rings is 1. The Labute approximate surface area is 135 Å². The van der Waals surface area contributed by atoms with Crippen molar-refractivity contribution in [2.45, 2.75) is 45.6 Å². The third kappa shape index (κ3) is 3.22. The quantitative estimate of drug-likeness (QED) is 0.885. The van der Waals surface area contributed by atoms with Crippen LogP contribution in [0.2, 0.25) is 0 Å². The lowest BCUT2D eigenvalue weighted by Gasteiger charge is -2.18. The van der Waals surface area contributed by atoms with Gasteiger partial charge in [0.05, 0.1) is 16.7 Å². The van der Waals surface area contributed by atoms with Crippen LogP contribution in [0.5, 0.6) is 0 Å². The number of aromatic nitrogens is 1. The lowest BCUT2D eigenvalue weighted by molar-refractivity contribution is 0.0935. The average Bonchev–Trinajstić information content (AvgIpc) is 3.27. The van der Waals surface area contributed by atoms with Crippen LogP contribution in [0, 0.1) is 12.8 Å². The van der Waals surface area contributed by atoms with Gasteiger partial charge in [-0.1, -0.05) is 44.2 Å². The van der Waals surface area contributed by atoms with E-state index in [1.54, 1.807) is 0 Å². The highest BCUT2D eigenvalue weighted by Crippen LogP contribution is 2.41. The molecular weight excluding hydrogens is 292 g/mol. The Hall–Kier alpha value is -1.68. The molecule has 116 valence electrons. The molecular formula is C18H22N2OS. The smallest absolute Gasteiger partial charge is 0.263 e. The Bertz CT molecular complexity index is 659. The van der Waals surface area contributed by atoms with Crippen molar-refractivity contribution < 1.29 is 4.79 Å². The largest absolute Gasteiger partial charge is 0.344 e. The third-order valence-corrected chi connectivity index (χ3v) is 5.51. The van der Waals surface area contributed by atoms with Crippen LogP contribution in [-0.4, -0.2) is 10.9 Å². The van der Waals surface area contributed by atoms with E-state index in [0.717, 1.165) is 15.6 Å². The van der Waals surface area contributed by atoms with E-state index in [4.69, 9.17) is 0 Å². The van der Waals surface area contributed by atoms with Crippen molar-refractivity contribution in [1.82, 2.24) is 10.3 Å². The van der Waals surface area contributed by atoms with E-state index in [-0.39, 0.29) is 11.9 Å². The van der Waals surface area contributed by atoms with Crippen molar-refractivity contribution in [2.24, 2.45) is 5.92 Å². The number of aryl methyl sites for hydroxylation is 1. The van der Waals surface area contributed by atoms with Gasteiger partial charge in [0.15, 0.2) is 0 Å². The topological polar surface area (TPSA) is 42.0 Å². The summed E-state index contributed by atoms with van der Waals surface area (Å²) in [4.78, 5) is 18.0. The molecule has 0 bridgehead atoms. The lowest BCUT2D eigenvalue weighted by Crippen LogP contribution is -2.29. The Morgan fingerprint density at radius 2 is 1.95 bits per heavy atom. The van der Waals surface area contributed by atoms with Crippen molar-refractivity contribution in [3.63, 3.8) is 0 Å². The summed E-state index contributed by atoms with van der Waals surface area (Å²) in [6.45, 7) is 6.14. The minimum atomic E-state index is 0.0163. The summed E-state index contributed by atoms with van der Waals surface area (Å²) in [5.41, 5.74) is 2.04. The molecule has 0 unspecified atom stereocenters. The highest BCUT2D eigenvalue weighted by molar-refractivity contribution is 7.13. The van der Waals surface area contributed by atoms with Gasteiger partial charge in [-0.25, -0.2) is 4.98 Å². The molecule has 1 fully saturated rings. The van der Waals surface area contributed by atoms with Crippen LogP contribution in [0.15, 0.2) is 30.3 Å². The Balaban J connectivity index is 1.80. The molecule has 3 rings (SSSR count). The van der Waals surface area contributed by atoms with Crippen molar-refractivity contribution in [3.05, 3.63) is 51.5 Å². The molecule has 2 aromatic rings. The van der Waals surface area contributed by atoms with Crippen molar-refractivity contribution in [3.8, 4) is 0 Å². The normalized spacial score (nSPS) is 15.8. The van der Waals surface area contributed by atoms with Crippen molar-refractivity contribution >= 4 is 17.2 Å². The second kappa shape index (κ2) is 6.21. The van der Waals surface area contributed by atoms with Crippen LogP contribution in [-0.2, 0) is 0 Å². The molecule has 1 aromatic carbocycles. The van der Waals surface area contributed by atoms with Gasteiger partial charge in [0.25, 0.3) is 5.91 Å². The first-order valence-corrected chi connectivity index (χ1v) is 8.71. The van der Waals surface area contributed by atoms with Gasteiger partial charge in [-0.15, -0.1) is 11.3 Å². The zero-order chi connectivity index (χ0) is 15.7. The van der Waals surface area contributed by atoms with E-state index >= 15 is 0 Å². The summed E-state index contributed by atoms with van der Waals surface area (Å²) in [5, 5.41) is 4.27. The Morgan fingerprint density at radius 1 is 1.27 bits per heavy atom. The standard InChI is InChI=1S/C18H22N2OS/c1-11(2)18-19-12(3)16(22-18)17(21)20-15(14-9-10-14)13-7-5-4-6-8-13/h4-8,11,14-15H,9-10H2,1-3H3,(H,20,21)/t15-/m0/s1. The predicted octanol–water partition coefficient (Wildman–Crippen LogP) is 4.46. The van der Waals surface area contributed by atoms with Crippen LogP contribution < -0.4 is 5.32 Å². The second-order valence-corrected chi connectivity index (χ2v) is 7.35. The number of amides is 1. The molecule has 1 aromatic heterocycles. The summed E-state index contributed by atoms with van der Waals surface area (Å²) >= 11 is 1.52. The summed E-state index contributed by atoms with van der Waals surface area (Å²) in [6, 6.07) is 10.4. The van der Waals surface area contributed by atoms with E-state index in [1.807, 2.05) is 25.1 Å². The molecule has 0 spiro atoms. The van der Waals surface area contributed by atoms with E-state index < -0.39 is 0 Å². The zero-order valence-electron chi connectivity index (χ0n) is 13.3. The molecule has 0 saturated heterocycles. The Morgan fingerprint density at radius 3 is 2.50 bits per heavy atom. The SMILES string of the molecule is Cc1nc(C(C)C)sc1C(=O)N[C@@H](c1ccccc1)C1CC1. The first kappa shape index (κ1) is 15.2. The fraction of sp³-hybridized carbons (Fsp3) is 0.444. The first-order valence-electron chi connectivity index (χ1n) is 7.89. The molecule has 22 heavy (non-hydrogen) atoms. The molecule has 0 radical (unpaired) electrons. The summed E-state index contributed by atoms with van der Waals surface area (Å²) in [5.74, 6) is 0.949. The number of carbonyl (C=O) groups excluding carboxylic acids is 1. The number of nitrogens with one attached hydrogen (secondary N) is 1. The minimum Gasteiger partial charge on any atom is -0.344 e. The number of rotatable bonds is 5. The predicted molar refractivity (Wildman–Crippen MR) is 90.3 cm³/mol. The van der Waals surface area contributed by atoms with Crippen LogP contribution in [0.25, 0.3) is 0 Å². The van der Waals surface area contributed by atoms with Crippen molar-refractivity contribution in [1.29, 1.82) is 0 Å². The van der Waals surface area contributed by atoms with Gasteiger partial charge in [-0.3, -0.25) is 4.79 Å². The van der Waals surface area contributed by atoms with Crippen molar-refractivity contribution in [2.75, 3.05) is 0 Å². The van der Waals surface area contributed by atoms with Crippen LogP contribution in [0.4, 0.5) is 0 Å². The maximum absolute atomic E-state index is 12.7. The summed E-state index contributed by atoms with van der Waals surface area (Å²) < 4.78 is 0. The van der Waals surface area contributed by atoms with Gasteiger partial charge in [0.1, 0.15) is 4.88 Å². The molecule has 0 aliphatic heterocycles. The summed E-state index contributed by atoms with van der Waals surface area (Å²) in [6.07, 6.45) is 2.39. The van der Waals surface area contributed by atoms with Gasteiger partial charge >= 0.3 is 0 Å². The molecule has 1 aliphatic carbocycles. The Kier molecular flexibility index (Phi) is 4.30. The van der Waals surface area contributed by atoms with Gasteiger partial charge in [-0.2, -0.15) is 0 Å². The molecule has 1 N–H and O–H groups in total. The molecule has 1 heterocycles. The highest BCUT2D eigenvalue weighted by atomic mass is 32.1. The number of carbonyl (C=O) groups is 1. The first-order chi connectivity index (χ1) is 10.6.